The fraction of sp³-hybridized carbons (Fsp3) is 0.350. The van der Waals surface area contributed by atoms with Crippen molar-refractivity contribution < 1.29 is 22.7 Å². The van der Waals surface area contributed by atoms with Gasteiger partial charge in [0, 0.05) is 13.1 Å². The van der Waals surface area contributed by atoms with Crippen molar-refractivity contribution >= 4 is 44.8 Å². The number of rotatable bonds is 7. The van der Waals surface area contributed by atoms with Crippen LogP contribution in [0.1, 0.15) is 19.3 Å². The molecule has 3 rings (SSSR count). The molecule has 0 unspecified atom stereocenters. The molecule has 1 amide bonds. The van der Waals surface area contributed by atoms with Crippen LogP contribution in [-0.4, -0.2) is 45.4 Å². The number of nitrogens with zero attached hydrogens (tertiary/aromatic N) is 1. The first-order valence-corrected chi connectivity index (χ1v) is 11.6. The van der Waals surface area contributed by atoms with E-state index in [1.807, 2.05) is 0 Å². The molecule has 0 aromatic heterocycles. The Morgan fingerprint density at radius 1 is 1.10 bits per heavy atom. The number of halogens is 2. The number of sulfonamides is 1. The molecular formula is C20H22Cl2N2O5S. The Labute approximate surface area is 185 Å². The molecule has 7 nitrogen and oxygen atoms in total. The van der Waals surface area contributed by atoms with Gasteiger partial charge in [-0.15, -0.1) is 0 Å². The van der Waals surface area contributed by atoms with Crippen molar-refractivity contribution in [1.82, 2.24) is 4.31 Å². The maximum Gasteiger partial charge on any atom is 0.262 e. The second-order valence-corrected chi connectivity index (χ2v) is 9.44. The summed E-state index contributed by atoms with van der Waals surface area (Å²) >= 11 is 12.0. The van der Waals surface area contributed by atoms with Crippen LogP contribution in [0.25, 0.3) is 0 Å². The number of benzene rings is 2. The molecule has 1 heterocycles. The summed E-state index contributed by atoms with van der Waals surface area (Å²) in [6, 6.07) is 9.23. The van der Waals surface area contributed by atoms with E-state index in [-0.39, 0.29) is 28.0 Å². The van der Waals surface area contributed by atoms with Crippen LogP contribution < -0.4 is 14.8 Å². The van der Waals surface area contributed by atoms with Gasteiger partial charge in [-0.25, -0.2) is 8.42 Å². The lowest BCUT2D eigenvalue weighted by Crippen LogP contribution is -2.35. The summed E-state index contributed by atoms with van der Waals surface area (Å²) in [4.78, 5) is 12.5. The lowest BCUT2D eigenvalue weighted by atomic mass is 10.2. The summed E-state index contributed by atoms with van der Waals surface area (Å²) in [5.41, 5.74) is 0.237. The number of amides is 1. The highest BCUT2D eigenvalue weighted by Gasteiger charge is 2.27. The van der Waals surface area contributed by atoms with Crippen molar-refractivity contribution in [3.63, 3.8) is 0 Å². The molecule has 0 aliphatic carbocycles. The summed E-state index contributed by atoms with van der Waals surface area (Å²) in [6.45, 7) is 0.640. The molecular weight excluding hydrogens is 451 g/mol. The van der Waals surface area contributed by atoms with Crippen LogP contribution in [0.5, 0.6) is 11.5 Å². The van der Waals surface area contributed by atoms with Crippen LogP contribution in [0.2, 0.25) is 10.0 Å². The SMILES string of the molecule is COc1ccc(S(=O)(=O)N2CCCCC2)cc1NC(=O)COc1cccc(Cl)c1Cl. The van der Waals surface area contributed by atoms with Crippen molar-refractivity contribution in [2.24, 2.45) is 0 Å². The minimum absolute atomic E-state index is 0.0966. The average Bonchev–Trinajstić information content (AvgIpc) is 2.75. The van der Waals surface area contributed by atoms with E-state index in [2.05, 4.69) is 5.32 Å². The van der Waals surface area contributed by atoms with Gasteiger partial charge in [-0.3, -0.25) is 4.79 Å². The van der Waals surface area contributed by atoms with E-state index in [1.165, 1.54) is 29.6 Å². The van der Waals surface area contributed by atoms with Gasteiger partial charge in [0.2, 0.25) is 10.0 Å². The summed E-state index contributed by atoms with van der Waals surface area (Å²) in [5.74, 6) is 0.103. The van der Waals surface area contributed by atoms with Crippen LogP contribution in [0.15, 0.2) is 41.3 Å². The van der Waals surface area contributed by atoms with Gasteiger partial charge in [0.05, 0.1) is 22.7 Å². The van der Waals surface area contributed by atoms with Crippen molar-refractivity contribution in [1.29, 1.82) is 0 Å². The number of anilines is 1. The molecule has 1 aliphatic rings. The van der Waals surface area contributed by atoms with Crippen LogP contribution in [0, 0.1) is 0 Å². The van der Waals surface area contributed by atoms with Crippen LogP contribution >= 0.6 is 23.2 Å². The van der Waals surface area contributed by atoms with E-state index in [9.17, 15) is 13.2 Å². The number of carbonyl (C=O) groups excluding carboxylic acids is 1. The van der Waals surface area contributed by atoms with Gasteiger partial charge in [0.1, 0.15) is 16.5 Å². The van der Waals surface area contributed by atoms with Gasteiger partial charge in [-0.2, -0.15) is 4.31 Å². The van der Waals surface area contributed by atoms with Gasteiger partial charge in [-0.05, 0) is 43.2 Å². The van der Waals surface area contributed by atoms with Gasteiger partial charge in [0.15, 0.2) is 6.61 Å². The average molecular weight is 473 g/mol. The third kappa shape index (κ3) is 5.18. The summed E-state index contributed by atoms with van der Waals surface area (Å²) in [7, 11) is -2.21. The molecule has 1 N–H and O–H groups in total. The van der Waals surface area contributed by atoms with Crippen molar-refractivity contribution in [2.45, 2.75) is 24.2 Å². The third-order valence-electron chi connectivity index (χ3n) is 4.67. The standard InChI is InChI=1S/C20H22Cl2N2O5S/c1-28-17-9-8-14(30(26,27)24-10-3-2-4-11-24)12-16(17)23-19(25)13-29-18-7-5-6-15(21)20(18)22/h5-9,12H,2-4,10-11,13H2,1H3,(H,23,25). The molecule has 0 radical (unpaired) electrons. The molecule has 1 aliphatic heterocycles. The van der Waals surface area contributed by atoms with E-state index < -0.39 is 15.9 Å². The molecule has 0 saturated carbocycles. The Bertz CT molecular complexity index is 1020. The van der Waals surface area contributed by atoms with E-state index >= 15 is 0 Å². The predicted molar refractivity (Wildman–Crippen MR) is 116 cm³/mol. The largest absolute Gasteiger partial charge is 0.495 e. The highest BCUT2D eigenvalue weighted by Crippen LogP contribution is 2.32. The Balaban J connectivity index is 1.75. The number of piperidine rings is 1. The fourth-order valence-corrected chi connectivity index (χ4v) is 5.01. The molecule has 0 atom stereocenters. The Kier molecular flexibility index (Phi) is 7.46. The minimum Gasteiger partial charge on any atom is -0.495 e. The van der Waals surface area contributed by atoms with Crippen molar-refractivity contribution in [3.8, 4) is 11.5 Å². The molecule has 162 valence electrons. The Hall–Kier alpha value is -2.00. The van der Waals surface area contributed by atoms with Crippen LogP contribution in [0.3, 0.4) is 0 Å². The predicted octanol–water partition coefficient (Wildman–Crippen LogP) is 4.19. The first-order valence-electron chi connectivity index (χ1n) is 9.38. The van der Waals surface area contributed by atoms with Crippen molar-refractivity contribution in [2.75, 3.05) is 32.1 Å². The van der Waals surface area contributed by atoms with Crippen LogP contribution in [-0.2, 0) is 14.8 Å². The van der Waals surface area contributed by atoms with E-state index in [0.717, 1.165) is 19.3 Å². The number of hydrogen-bond donors (Lipinski definition) is 1. The molecule has 0 spiro atoms. The van der Waals surface area contributed by atoms with Gasteiger partial charge >= 0.3 is 0 Å². The van der Waals surface area contributed by atoms with E-state index in [1.54, 1.807) is 18.2 Å². The number of carbonyl (C=O) groups is 1. The second kappa shape index (κ2) is 9.87. The summed E-state index contributed by atoms with van der Waals surface area (Å²) in [5, 5.41) is 3.15. The Morgan fingerprint density at radius 2 is 1.83 bits per heavy atom. The zero-order valence-corrected chi connectivity index (χ0v) is 18.7. The lowest BCUT2D eigenvalue weighted by molar-refractivity contribution is -0.118. The second-order valence-electron chi connectivity index (χ2n) is 6.72. The maximum absolute atomic E-state index is 12.9. The fourth-order valence-electron chi connectivity index (χ4n) is 3.12. The first-order chi connectivity index (χ1) is 14.3. The number of hydrogen-bond acceptors (Lipinski definition) is 5. The monoisotopic (exact) mass is 472 g/mol. The molecule has 1 saturated heterocycles. The molecule has 0 bridgehead atoms. The molecule has 30 heavy (non-hydrogen) atoms. The molecule has 1 fully saturated rings. The molecule has 10 heteroatoms. The zero-order chi connectivity index (χ0) is 21.7. The summed E-state index contributed by atoms with van der Waals surface area (Å²) < 4.78 is 38.0. The summed E-state index contributed by atoms with van der Waals surface area (Å²) in [6.07, 6.45) is 2.69. The highest BCUT2D eigenvalue weighted by molar-refractivity contribution is 7.89. The molecule has 2 aromatic carbocycles. The minimum atomic E-state index is -3.65. The Morgan fingerprint density at radius 3 is 2.53 bits per heavy atom. The maximum atomic E-state index is 12.9. The smallest absolute Gasteiger partial charge is 0.262 e. The molecule has 2 aromatic rings. The van der Waals surface area contributed by atoms with E-state index in [4.69, 9.17) is 32.7 Å². The van der Waals surface area contributed by atoms with Gasteiger partial charge in [-0.1, -0.05) is 35.7 Å². The number of nitrogens with one attached hydrogen (secondary N) is 1. The topological polar surface area (TPSA) is 84.9 Å². The van der Waals surface area contributed by atoms with Crippen LogP contribution in [0.4, 0.5) is 5.69 Å². The number of ether oxygens (including phenoxy) is 2. The first kappa shape index (κ1) is 22.7. The third-order valence-corrected chi connectivity index (χ3v) is 7.37. The number of methoxy groups -OCH3 is 1. The van der Waals surface area contributed by atoms with Gasteiger partial charge < -0.3 is 14.8 Å². The normalized spacial score (nSPS) is 14.9. The zero-order valence-electron chi connectivity index (χ0n) is 16.4. The lowest BCUT2D eigenvalue weighted by Gasteiger charge is -2.26. The van der Waals surface area contributed by atoms with Gasteiger partial charge in [0.25, 0.3) is 5.91 Å². The quantitative estimate of drug-likeness (QED) is 0.652. The van der Waals surface area contributed by atoms with E-state index in [0.29, 0.717) is 23.9 Å². The highest BCUT2D eigenvalue weighted by atomic mass is 35.5. The van der Waals surface area contributed by atoms with Crippen molar-refractivity contribution in [3.05, 3.63) is 46.4 Å².